The Bertz CT molecular complexity index is 528. The number of alkyl halides is 3. The fourth-order valence-corrected chi connectivity index (χ4v) is 2.28. The highest BCUT2D eigenvalue weighted by atomic mass is 32.1. The Morgan fingerprint density at radius 1 is 1.12 bits per heavy atom. The summed E-state index contributed by atoms with van der Waals surface area (Å²) in [6.07, 6.45) is -4.81. The highest BCUT2D eigenvalue weighted by Crippen LogP contribution is 2.31. The minimum absolute atomic E-state index is 0.291. The average Bonchev–Trinajstić information content (AvgIpc) is 2.77. The summed E-state index contributed by atoms with van der Waals surface area (Å²) in [5.74, 6) is -1.80. The fraction of sp³-hybridized carbons (Fsp3) is 0.0833. The van der Waals surface area contributed by atoms with Crippen LogP contribution >= 0.6 is 11.3 Å². The maximum Gasteiger partial charge on any atom is 0.455 e. The lowest BCUT2D eigenvalue weighted by molar-refractivity contribution is -0.0882. The second-order valence-electron chi connectivity index (χ2n) is 3.28. The van der Waals surface area contributed by atoms with E-state index < -0.39 is 12.0 Å². The molecule has 0 aliphatic heterocycles. The first-order valence-corrected chi connectivity index (χ1v) is 5.48. The summed E-state index contributed by atoms with van der Waals surface area (Å²) in [5, 5.41) is 0. The molecule has 0 unspecified atom stereocenters. The number of rotatable bonds is 2. The molecule has 1 nitrogen and oxygen atoms in total. The number of hydrogen-bond donors (Lipinski definition) is 0. The van der Waals surface area contributed by atoms with Crippen LogP contribution in [0.2, 0.25) is 0 Å². The molecular weight excluding hydrogens is 249 g/mol. The number of benzene rings is 1. The molecule has 5 heteroatoms. The van der Waals surface area contributed by atoms with Gasteiger partial charge in [0.05, 0.1) is 4.88 Å². The molecule has 0 saturated carbocycles. The van der Waals surface area contributed by atoms with Crippen LogP contribution in [0.15, 0.2) is 36.4 Å². The second-order valence-corrected chi connectivity index (χ2v) is 4.36. The summed E-state index contributed by atoms with van der Waals surface area (Å²) in [6.45, 7) is 0. The highest BCUT2D eigenvalue weighted by molar-refractivity contribution is 7.17. The summed E-state index contributed by atoms with van der Waals surface area (Å²) >= 11 is 0.838. The normalized spacial score (nSPS) is 11.5. The van der Waals surface area contributed by atoms with Gasteiger partial charge >= 0.3 is 6.18 Å². The quantitative estimate of drug-likeness (QED) is 0.742. The van der Waals surface area contributed by atoms with Crippen LogP contribution in [-0.4, -0.2) is 12.0 Å². The molecular formula is C12H6F3OS. The number of thiophene rings is 1. The van der Waals surface area contributed by atoms with E-state index in [1.165, 1.54) is 12.1 Å². The first-order chi connectivity index (χ1) is 7.98. The van der Waals surface area contributed by atoms with Crippen molar-refractivity contribution in [3.8, 4) is 10.4 Å². The van der Waals surface area contributed by atoms with Crippen LogP contribution in [0.4, 0.5) is 13.2 Å². The molecule has 0 N–H and O–H groups in total. The number of halogens is 3. The van der Waals surface area contributed by atoms with Crippen molar-refractivity contribution < 1.29 is 18.0 Å². The van der Waals surface area contributed by atoms with Crippen molar-refractivity contribution in [2.75, 3.05) is 0 Å². The minimum atomic E-state index is -4.81. The summed E-state index contributed by atoms with van der Waals surface area (Å²) in [4.78, 5) is 11.3. The molecule has 1 aromatic carbocycles. The Morgan fingerprint density at radius 3 is 2.35 bits per heavy atom. The number of hydrogen-bond acceptors (Lipinski definition) is 2. The fourth-order valence-electron chi connectivity index (χ4n) is 1.31. The minimum Gasteiger partial charge on any atom is -0.283 e. The standard InChI is InChI=1S/C12H6F3OS/c13-12(14,15)11(16)10-7-6-9(17-10)8-4-2-1-3-5-8/h2-7H. The molecule has 0 amide bonds. The summed E-state index contributed by atoms with van der Waals surface area (Å²) < 4.78 is 36.6. The van der Waals surface area contributed by atoms with Crippen molar-refractivity contribution >= 4 is 17.1 Å². The first-order valence-electron chi connectivity index (χ1n) is 4.66. The Labute approximate surface area is 99.5 Å². The van der Waals surface area contributed by atoms with Crippen molar-refractivity contribution in [3.05, 3.63) is 47.3 Å². The summed E-state index contributed by atoms with van der Waals surface area (Å²) in [5.41, 5.74) is 0.773. The largest absolute Gasteiger partial charge is 0.455 e. The van der Waals surface area contributed by atoms with Gasteiger partial charge < -0.3 is 0 Å². The molecule has 2 aromatic rings. The van der Waals surface area contributed by atoms with Gasteiger partial charge in [-0.15, -0.1) is 11.3 Å². The van der Waals surface area contributed by atoms with E-state index in [0.29, 0.717) is 4.88 Å². The Morgan fingerprint density at radius 2 is 1.76 bits per heavy atom. The van der Waals surface area contributed by atoms with Gasteiger partial charge in [-0.2, -0.15) is 13.2 Å². The van der Waals surface area contributed by atoms with Crippen LogP contribution in [-0.2, 0) is 0 Å². The predicted octanol–water partition coefficient (Wildman–Crippen LogP) is 3.96. The predicted molar refractivity (Wildman–Crippen MR) is 59.0 cm³/mol. The van der Waals surface area contributed by atoms with E-state index >= 15 is 0 Å². The number of carbonyl (C=O) groups excluding carboxylic acids is 1. The number of Topliss-reactive ketones (excluding diaryl/α,β-unsaturated/α-hetero) is 1. The maximum absolute atomic E-state index is 12.2. The van der Waals surface area contributed by atoms with E-state index in [2.05, 4.69) is 6.07 Å². The molecule has 0 aliphatic carbocycles. The van der Waals surface area contributed by atoms with E-state index in [1.54, 1.807) is 24.3 Å². The van der Waals surface area contributed by atoms with Crippen LogP contribution in [0.1, 0.15) is 9.67 Å². The Balaban J connectivity index is 2.32. The third-order valence-corrected chi connectivity index (χ3v) is 3.22. The van der Waals surface area contributed by atoms with Crippen LogP contribution in [0.25, 0.3) is 10.4 Å². The van der Waals surface area contributed by atoms with Gasteiger partial charge in [0.2, 0.25) is 0 Å². The monoisotopic (exact) mass is 255 g/mol. The second kappa shape index (κ2) is 4.33. The van der Waals surface area contributed by atoms with Crippen LogP contribution < -0.4 is 0 Å². The molecule has 0 bridgehead atoms. The molecule has 17 heavy (non-hydrogen) atoms. The third kappa shape index (κ3) is 2.55. The van der Waals surface area contributed by atoms with E-state index in [1.807, 2.05) is 0 Å². The smallest absolute Gasteiger partial charge is 0.283 e. The lowest BCUT2D eigenvalue weighted by Crippen LogP contribution is -2.21. The van der Waals surface area contributed by atoms with Crippen molar-refractivity contribution in [1.29, 1.82) is 0 Å². The highest BCUT2D eigenvalue weighted by Gasteiger charge is 2.40. The SMILES string of the molecule is O=C(c1ccc(-c2cc[c]cc2)s1)C(F)(F)F. The van der Waals surface area contributed by atoms with Gasteiger partial charge in [0.15, 0.2) is 0 Å². The van der Waals surface area contributed by atoms with Gasteiger partial charge in [0.1, 0.15) is 0 Å². The first kappa shape index (κ1) is 11.9. The number of ketones is 1. The van der Waals surface area contributed by atoms with Gasteiger partial charge in [-0.25, -0.2) is 0 Å². The molecule has 1 aromatic heterocycles. The third-order valence-electron chi connectivity index (χ3n) is 2.09. The summed E-state index contributed by atoms with van der Waals surface area (Å²) in [7, 11) is 0. The zero-order valence-electron chi connectivity index (χ0n) is 8.41. The van der Waals surface area contributed by atoms with E-state index in [4.69, 9.17) is 0 Å². The molecule has 0 fully saturated rings. The molecule has 0 saturated heterocycles. The van der Waals surface area contributed by atoms with E-state index in [9.17, 15) is 18.0 Å². The van der Waals surface area contributed by atoms with Crippen LogP contribution in [0, 0.1) is 6.07 Å². The molecule has 87 valence electrons. The Hall–Kier alpha value is -1.62. The maximum atomic E-state index is 12.2. The van der Waals surface area contributed by atoms with E-state index in [-0.39, 0.29) is 4.88 Å². The molecule has 2 rings (SSSR count). The van der Waals surface area contributed by atoms with Gasteiger partial charge in [0.25, 0.3) is 5.78 Å². The van der Waals surface area contributed by atoms with Gasteiger partial charge in [0, 0.05) is 4.88 Å². The molecule has 0 atom stereocenters. The molecule has 0 spiro atoms. The van der Waals surface area contributed by atoms with E-state index in [0.717, 1.165) is 16.9 Å². The lowest BCUT2D eigenvalue weighted by Gasteiger charge is -2.01. The van der Waals surface area contributed by atoms with Gasteiger partial charge in [-0.1, -0.05) is 24.3 Å². The van der Waals surface area contributed by atoms with Gasteiger partial charge in [-0.05, 0) is 23.8 Å². The van der Waals surface area contributed by atoms with Crippen LogP contribution in [0.5, 0.6) is 0 Å². The molecule has 1 radical (unpaired) electrons. The van der Waals surface area contributed by atoms with Crippen molar-refractivity contribution in [3.63, 3.8) is 0 Å². The van der Waals surface area contributed by atoms with Crippen molar-refractivity contribution in [2.24, 2.45) is 0 Å². The zero-order valence-corrected chi connectivity index (χ0v) is 9.23. The Kier molecular flexibility index (Phi) is 3.02. The lowest BCUT2D eigenvalue weighted by atomic mass is 10.2. The van der Waals surface area contributed by atoms with Crippen LogP contribution in [0.3, 0.4) is 0 Å². The summed E-state index contributed by atoms with van der Waals surface area (Å²) in [6, 6.07) is 12.3. The van der Waals surface area contributed by atoms with Gasteiger partial charge in [-0.3, -0.25) is 4.79 Å². The zero-order chi connectivity index (χ0) is 12.5. The van der Waals surface area contributed by atoms with Crippen molar-refractivity contribution in [2.45, 2.75) is 6.18 Å². The average molecular weight is 255 g/mol. The molecule has 0 aliphatic rings. The number of carbonyl (C=O) groups is 1. The van der Waals surface area contributed by atoms with Crippen molar-refractivity contribution in [1.82, 2.24) is 0 Å². The molecule has 1 heterocycles. The topological polar surface area (TPSA) is 17.1 Å².